The molecule has 0 saturated carbocycles. The van der Waals surface area contributed by atoms with Gasteiger partial charge in [0.05, 0.1) is 0 Å². The zero-order valence-electron chi connectivity index (χ0n) is 4.85. The van der Waals surface area contributed by atoms with E-state index in [-0.39, 0.29) is 0 Å². The fourth-order valence-corrected chi connectivity index (χ4v) is 0.293. The first kappa shape index (κ1) is 7.17. The Kier molecular flexibility index (Phi) is 3.88. The maximum Gasteiger partial charge on any atom is 0.241 e. The predicted octanol–water partition coefficient (Wildman–Crippen LogP) is -0.753. The van der Waals surface area contributed by atoms with Gasteiger partial charge in [0, 0.05) is 6.54 Å². The van der Waals surface area contributed by atoms with Crippen molar-refractivity contribution in [2.24, 2.45) is 5.73 Å². The summed E-state index contributed by atoms with van der Waals surface area (Å²) >= 11 is 0. The summed E-state index contributed by atoms with van der Waals surface area (Å²) in [6, 6.07) is 0. The van der Waals surface area contributed by atoms with Crippen LogP contribution in [0.5, 0.6) is 0 Å². The van der Waals surface area contributed by atoms with E-state index in [9.17, 15) is 4.79 Å². The summed E-state index contributed by atoms with van der Waals surface area (Å²) in [5.41, 5.74) is 4.78. The van der Waals surface area contributed by atoms with Gasteiger partial charge in [0.15, 0.2) is 0 Å². The molecule has 0 aliphatic rings. The Bertz CT molecular complexity index is 98.6. The molecule has 46 valence electrons. The van der Waals surface area contributed by atoms with E-state index in [0.29, 0.717) is 6.54 Å². The molecule has 3 N–H and O–H groups in total. The molecule has 0 fully saturated rings. The topological polar surface area (TPSA) is 55.1 Å². The van der Waals surface area contributed by atoms with E-state index in [4.69, 9.17) is 5.73 Å². The van der Waals surface area contributed by atoms with Crippen LogP contribution in [0.15, 0.2) is 12.2 Å². The van der Waals surface area contributed by atoms with Crippen LogP contribution in [0.2, 0.25) is 0 Å². The van der Waals surface area contributed by atoms with Gasteiger partial charge in [-0.15, -0.1) is 0 Å². The molecule has 0 unspecified atom stereocenters. The second-order valence-electron chi connectivity index (χ2n) is 1.36. The standard InChI is InChI=1S/C5H10N2O/c1-7-4-2-3-5(6)8/h2-3,7H,4H2,1H3,(H2,6,8). The fraction of sp³-hybridized carbons (Fsp3) is 0.400. The van der Waals surface area contributed by atoms with E-state index in [0.717, 1.165) is 0 Å². The average Bonchev–Trinajstić information content (AvgIpc) is 1.66. The van der Waals surface area contributed by atoms with Crippen LogP contribution in [-0.4, -0.2) is 19.5 Å². The Labute approximate surface area is 48.6 Å². The van der Waals surface area contributed by atoms with Gasteiger partial charge in [-0.05, 0) is 13.1 Å². The van der Waals surface area contributed by atoms with Crippen LogP contribution in [0.3, 0.4) is 0 Å². The van der Waals surface area contributed by atoms with E-state index >= 15 is 0 Å². The number of carbonyl (C=O) groups is 1. The Morgan fingerprint density at radius 1 is 1.88 bits per heavy atom. The predicted molar refractivity (Wildman–Crippen MR) is 32.3 cm³/mol. The minimum atomic E-state index is -0.403. The summed E-state index contributed by atoms with van der Waals surface area (Å²) in [5.74, 6) is -0.403. The molecular formula is C5H10N2O. The molecule has 0 heterocycles. The molecule has 1 amide bonds. The van der Waals surface area contributed by atoms with E-state index in [1.807, 2.05) is 0 Å². The van der Waals surface area contributed by atoms with Crippen LogP contribution in [0.25, 0.3) is 0 Å². The lowest BCUT2D eigenvalue weighted by Gasteiger charge is -1.84. The molecule has 3 heteroatoms. The summed E-state index contributed by atoms with van der Waals surface area (Å²) in [4.78, 5) is 9.98. The second kappa shape index (κ2) is 4.33. The van der Waals surface area contributed by atoms with Crippen molar-refractivity contribution in [2.45, 2.75) is 0 Å². The van der Waals surface area contributed by atoms with Crippen LogP contribution in [0.4, 0.5) is 0 Å². The largest absolute Gasteiger partial charge is 0.366 e. The Balaban J connectivity index is 3.20. The van der Waals surface area contributed by atoms with Gasteiger partial charge >= 0.3 is 0 Å². The van der Waals surface area contributed by atoms with Crippen molar-refractivity contribution in [3.63, 3.8) is 0 Å². The molecule has 0 rings (SSSR count). The molecule has 0 aliphatic carbocycles. The number of hydrogen-bond donors (Lipinski definition) is 2. The Morgan fingerprint density at radius 3 is 2.88 bits per heavy atom. The lowest BCUT2D eigenvalue weighted by atomic mass is 10.5. The van der Waals surface area contributed by atoms with Crippen molar-refractivity contribution in [3.05, 3.63) is 12.2 Å². The van der Waals surface area contributed by atoms with Crippen molar-refractivity contribution < 1.29 is 4.79 Å². The summed E-state index contributed by atoms with van der Waals surface area (Å²) in [6.07, 6.45) is 3.00. The second-order valence-corrected chi connectivity index (χ2v) is 1.36. The molecule has 3 nitrogen and oxygen atoms in total. The number of nitrogens with one attached hydrogen (secondary N) is 1. The minimum Gasteiger partial charge on any atom is -0.366 e. The van der Waals surface area contributed by atoms with Gasteiger partial charge in [0.2, 0.25) is 5.91 Å². The van der Waals surface area contributed by atoms with Crippen molar-refractivity contribution in [1.82, 2.24) is 5.32 Å². The Hall–Kier alpha value is -0.830. The summed E-state index contributed by atoms with van der Waals surface area (Å²) < 4.78 is 0. The summed E-state index contributed by atoms with van der Waals surface area (Å²) in [6.45, 7) is 0.683. The molecule has 0 bridgehead atoms. The number of primary amides is 1. The third kappa shape index (κ3) is 5.17. The number of rotatable bonds is 3. The molecule has 0 aromatic rings. The molecular weight excluding hydrogens is 104 g/mol. The van der Waals surface area contributed by atoms with Gasteiger partial charge in [-0.2, -0.15) is 0 Å². The maximum absolute atomic E-state index is 9.98. The van der Waals surface area contributed by atoms with Gasteiger partial charge in [-0.3, -0.25) is 4.79 Å². The van der Waals surface area contributed by atoms with Gasteiger partial charge in [-0.1, -0.05) is 6.08 Å². The highest BCUT2D eigenvalue weighted by Crippen LogP contribution is 1.65. The SMILES string of the molecule is CNCC=CC(N)=O. The first-order chi connectivity index (χ1) is 3.77. The highest BCUT2D eigenvalue weighted by Gasteiger charge is 1.77. The van der Waals surface area contributed by atoms with E-state index in [2.05, 4.69) is 5.32 Å². The van der Waals surface area contributed by atoms with Gasteiger partial charge in [-0.25, -0.2) is 0 Å². The third-order valence-corrected chi connectivity index (χ3v) is 0.604. The van der Waals surface area contributed by atoms with E-state index in [1.165, 1.54) is 6.08 Å². The molecule has 8 heavy (non-hydrogen) atoms. The molecule has 0 aromatic carbocycles. The zero-order chi connectivity index (χ0) is 6.41. The van der Waals surface area contributed by atoms with Crippen LogP contribution in [0.1, 0.15) is 0 Å². The summed E-state index contributed by atoms with van der Waals surface area (Å²) in [5, 5.41) is 2.83. The smallest absolute Gasteiger partial charge is 0.241 e. The lowest BCUT2D eigenvalue weighted by Crippen LogP contribution is -2.09. The molecule has 0 aromatic heterocycles. The molecule has 0 atom stereocenters. The van der Waals surface area contributed by atoms with Crippen molar-refractivity contribution in [2.75, 3.05) is 13.6 Å². The maximum atomic E-state index is 9.98. The van der Waals surface area contributed by atoms with Crippen molar-refractivity contribution in [3.8, 4) is 0 Å². The van der Waals surface area contributed by atoms with Crippen LogP contribution < -0.4 is 11.1 Å². The number of nitrogens with two attached hydrogens (primary N) is 1. The first-order valence-corrected chi connectivity index (χ1v) is 2.38. The Morgan fingerprint density at radius 2 is 2.50 bits per heavy atom. The average molecular weight is 114 g/mol. The van der Waals surface area contributed by atoms with Gasteiger partial charge in [0.25, 0.3) is 0 Å². The fourth-order valence-electron chi connectivity index (χ4n) is 0.293. The van der Waals surface area contributed by atoms with Gasteiger partial charge < -0.3 is 11.1 Å². The molecule has 0 spiro atoms. The number of hydrogen-bond acceptors (Lipinski definition) is 2. The zero-order valence-corrected chi connectivity index (χ0v) is 4.85. The summed E-state index contributed by atoms with van der Waals surface area (Å²) in [7, 11) is 1.80. The first-order valence-electron chi connectivity index (χ1n) is 2.38. The quantitative estimate of drug-likeness (QED) is 0.474. The number of amides is 1. The monoisotopic (exact) mass is 114 g/mol. The van der Waals surface area contributed by atoms with E-state index in [1.54, 1.807) is 13.1 Å². The highest BCUT2D eigenvalue weighted by molar-refractivity contribution is 5.85. The third-order valence-electron chi connectivity index (χ3n) is 0.604. The van der Waals surface area contributed by atoms with Crippen LogP contribution in [-0.2, 0) is 4.79 Å². The number of carbonyl (C=O) groups excluding carboxylic acids is 1. The molecule has 0 radical (unpaired) electrons. The normalized spacial score (nSPS) is 10.1. The van der Waals surface area contributed by atoms with E-state index < -0.39 is 5.91 Å². The highest BCUT2D eigenvalue weighted by atomic mass is 16.1. The van der Waals surface area contributed by atoms with Crippen LogP contribution >= 0.6 is 0 Å². The van der Waals surface area contributed by atoms with Gasteiger partial charge in [0.1, 0.15) is 0 Å². The lowest BCUT2D eigenvalue weighted by molar-refractivity contribution is -0.113. The van der Waals surface area contributed by atoms with Crippen molar-refractivity contribution in [1.29, 1.82) is 0 Å². The molecule has 0 saturated heterocycles. The van der Waals surface area contributed by atoms with Crippen molar-refractivity contribution >= 4 is 5.91 Å². The van der Waals surface area contributed by atoms with Crippen LogP contribution in [0, 0.1) is 0 Å². The molecule has 0 aliphatic heterocycles. The number of likely N-dealkylation sites (N-methyl/N-ethyl adjacent to an activating group) is 1. The minimum absolute atomic E-state index is 0.403.